The number of hydrogen-bond donors (Lipinski definition) is 1. The van der Waals surface area contributed by atoms with Crippen LogP contribution in [0.5, 0.6) is 5.75 Å². The van der Waals surface area contributed by atoms with Gasteiger partial charge in [0.1, 0.15) is 5.75 Å². The van der Waals surface area contributed by atoms with Gasteiger partial charge in [0.05, 0.1) is 19.2 Å². The van der Waals surface area contributed by atoms with E-state index in [9.17, 15) is 4.79 Å². The molecular formula is C13H15NO2. The molecular weight excluding hydrogens is 202 g/mol. The number of carbonyl (C=O) groups excluding carboxylic acids is 1. The zero-order valence-electron chi connectivity index (χ0n) is 9.76. The van der Waals surface area contributed by atoms with Crippen LogP contribution >= 0.6 is 0 Å². The highest BCUT2D eigenvalue weighted by Gasteiger charge is 2.04. The highest BCUT2D eigenvalue weighted by molar-refractivity contribution is 5.94. The van der Waals surface area contributed by atoms with Crippen LogP contribution in [0, 0.1) is 11.8 Å². The summed E-state index contributed by atoms with van der Waals surface area (Å²) in [6.07, 6.45) is 0. The van der Waals surface area contributed by atoms with E-state index in [0.717, 1.165) is 5.56 Å². The second-order valence-corrected chi connectivity index (χ2v) is 3.30. The average Bonchev–Trinajstić information content (AvgIpc) is 2.29. The van der Waals surface area contributed by atoms with Gasteiger partial charge in [-0.2, -0.15) is 0 Å². The van der Waals surface area contributed by atoms with E-state index in [-0.39, 0.29) is 5.78 Å². The first-order valence-electron chi connectivity index (χ1n) is 5.01. The second-order valence-electron chi connectivity index (χ2n) is 3.30. The molecule has 16 heavy (non-hydrogen) atoms. The molecule has 3 heteroatoms. The maximum absolute atomic E-state index is 11.2. The van der Waals surface area contributed by atoms with Crippen molar-refractivity contribution in [1.82, 2.24) is 5.32 Å². The van der Waals surface area contributed by atoms with Gasteiger partial charge in [0.25, 0.3) is 0 Å². The third kappa shape index (κ3) is 3.11. The molecule has 0 bridgehead atoms. The van der Waals surface area contributed by atoms with Gasteiger partial charge in [-0.1, -0.05) is 11.8 Å². The average molecular weight is 217 g/mol. The largest absolute Gasteiger partial charge is 0.495 e. The minimum absolute atomic E-state index is 0.0271. The quantitative estimate of drug-likeness (QED) is 0.615. The van der Waals surface area contributed by atoms with Crippen LogP contribution in [0.3, 0.4) is 0 Å². The van der Waals surface area contributed by atoms with Crippen molar-refractivity contribution in [2.75, 3.05) is 20.7 Å². The summed E-state index contributed by atoms with van der Waals surface area (Å²) in [6.45, 7) is 2.14. The molecule has 3 nitrogen and oxygen atoms in total. The Morgan fingerprint density at radius 3 is 2.81 bits per heavy atom. The molecule has 0 heterocycles. The molecule has 1 aromatic carbocycles. The SMILES string of the molecule is CNCC#Cc1cc(C(C)=O)ccc1OC. The number of Topliss-reactive ketones (excluding diaryl/α,β-unsaturated/α-hetero) is 1. The number of rotatable bonds is 3. The van der Waals surface area contributed by atoms with Crippen LogP contribution in [0.2, 0.25) is 0 Å². The number of hydrogen-bond acceptors (Lipinski definition) is 3. The molecule has 0 fully saturated rings. The van der Waals surface area contributed by atoms with Crippen LogP contribution in [-0.4, -0.2) is 26.5 Å². The fraction of sp³-hybridized carbons (Fsp3) is 0.308. The summed E-state index contributed by atoms with van der Waals surface area (Å²) in [5, 5.41) is 2.93. The number of benzene rings is 1. The third-order valence-electron chi connectivity index (χ3n) is 2.09. The summed E-state index contributed by atoms with van der Waals surface area (Å²) in [5.74, 6) is 6.63. The number of nitrogens with one attached hydrogen (secondary N) is 1. The van der Waals surface area contributed by atoms with Crippen LogP contribution in [0.15, 0.2) is 18.2 Å². The summed E-state index contributed by atoms with van der Waals surface area (Å²) in [6, 6.07) is 5.26. The van der Waals surface area contributed by atoms with Crippen molar-refractivity contribution < 1.29 is 9.53 Å². The van der Waals surface area contributed by atoms with Gasteiger partial charge in [0, 0.05) is 5.56 Å². The predicted octanol–water partition coefficient (Wildman–Crippen LogP) is 1.47. The molecule has 1 N–H and O–H groups in total. The minimum atomic E-state index is 0.0271. The predicted molar refractivity (Wildman–Crippen MR) is 63.8 cm³/mol. The van der Waals surface area contributed by atoms with E-state index in [4.69, 9.17) is 4.74 Å². The minimum Gasteiger partial charge on any atom is -0.495 e. The summed E-state index contributed by atoms with van der Waals surface area (Å²) in [7, 11) is 3.42. The van der Waals surface area contributed by atoms with Crippen LogP contribution in [0.4, 0.5) is 0 Å². The summed E-state index contributed by atoms with van der Waals surface area (Å²) in [4.78, 5) is 11.2. The Morgan fingerprint density at radius 1 is 1.50 bits per heavy atom. The van der Waals surface area contributed by atoms with Gasteiger partial charge in [-0.05, 0) is 32.2 Å². The smallest absolute Gasteiger partial charge is 0.159 e. The van der Waals surface area contributed by atoms with Gasteiger partial charge < -0.3 is 10.1 Å². The first kappa shape index (κ1) is 12.3. The number of ketones is 1. The van der Waals surface area contributed by atoms with E-state index < -0.39 is 0 Å². The Morgan fingerprint density at radius 2 is 2.25 bits per heavy atom. The lowest BCUT2D eigenvalue weighted by Gasteiger charge is -2.04. The molecule has 0 aromatic heterocycles. The van der Waals surface area contributed by atoms with Crippen molar-refractivity contribution in [3.8, 4) is 17.6 Å². The molecule has 0 spiro atoms. The molecule has 0 amide bonds. The van der Waals surface area contributed by atoms with Gasteiger partial charge in [0.2, 0.25) is 0 Å². The number of methoxy groups -OCH3 is 1. The van der Waals surface area contributed by atoms with Gasteiger partial charge >= 0.3 is 0 Å². The zero-order valence-corrected chi connectivity index (χ0v) is 9.76. The van der Waals surface area contributed by atoms with Crippen molar-refractivity contribution in [3.05, 3.63) is 29.3 Å². The van der Waals surface area contributed by atoms with E-state index in [1.165, 1.54) is 6.92 Å². The van der Waals surface area contributed by atoms with Gasteiger partial charge in [-0.15, -0.1) is 0 Å². The second kappa shape index (κ2) is 5.94. The Balaban J connectivity index is 3.08. The van der Waals surface area contributed by atoms with Crippen molar-refractivity contribution in [2.24, 2.45) is 0 Å². The standard InChI is InChI=1S/C13H15NO2/c1-10(15)11-6-7-13(16-3)12(9-11)5-4-8-14-2/h6-7,9,14H,8H2,1-3H3. The number of carbonyl (C=O) groups is 1. The summed E-state index contributed by atoms with van der Waals surface area (Å²) >= 11 is 0. The van der Waals surface area contributed by atoms with Crippen molar-refractivity contribution in [2.45, 2.75) is 6.92 Å². The molecule has 0 saturated heterocycles. The molecule has 84 valence electrons. The van der Waals surface area contributed by atoms with Crippen LogP contribution < -0.4 is 10.1 Å². The number of ether oxygens (including phenoxy) is 1. The Kier molecular flexibility index (Phi) is 4.56. The zero-order chi connectivity index (χ0) is 12.0. The summed E-state index contributed by atoms with van der Waals surface area (Å²) < 4.78 is 5.18. The molecule has 0 radical (unpaired) electrons. The first-order valence-corrected chi connectivity index (χ1v) is 5.01. The van der Waals surface area contributed by atoms with E-state index in [1.54, 1.807) is 25.3 Å². The lowest BCUT2D eigenvalue weighted by atomic mass is 10.1. The maximum atomic E-state index is 11.2. The maximum Gasteiger partial charge on any atom is 0.159 e. The lowest BCUT2D eigenvalue weighted by Crippen LogP contribution is -2.04. The van der Waals surface area contributed by atoms with E-state index in [1.807, 2.05) is 7.05 Å². The van der Waals surface area contributed by atoms with Crippen molar-refractivity contribution >= 4 is 5.78 Å². The van der Waals surface area contributed by atoms with E-state index >= 15 is 0 Å². The monoisotopic (exact) mass is 217 g/mol. The first-order chi connectivity index (χ1) is 7.69. The Hall–Kier alpha value is -1.79. The van der Waals surface area contributed by atoms with Gasteiger partial charge in [-0.3, -0.25) is 4.79 Å². The van der Waals surface area contributed by atoms with Crippen molar-refractivity contribution in [3.63, 3.8) is 0 Å². The van der Waals surface area contributed by atoms with Crippen LogP contribution in [-0.2, 0) is 0 Å². The third-order valence-corrected chi connectivity index (χ3v) is 2.09. The highest BCUT2D eigenvalue weighted by Crippen LogP contribution is 2.18. The molecule has 0 unspecified atom stereocenters. The molecule has 1 rings (SSSR count). The highest BCUT2D eigenvalue weighted by atomic mass is 16.5. The molecule has 0 aliphatic heterocycles. The van der Waals surface area contributed by atoms with Crippen LogP contribution in [0.25, 0.3) is 0 Å². The topological polar surface area (TPSA) is 38.3 Å². The van der Waals surface area contributed by atoms with Crippen LogP contribution in [0.1, 0.15) is 22.8 Å². The molecule has 1 aromatic rings. The van der Waals surface area contributed by atoms with Gasteiger partial charge in [0.15, 0.2) is 5.78 Å². The fourth-order valence-corrected chi connectivity index (χ4v) is 1.25. The summed E-state index contributed by atoms with van der Waals surface area (Å²) in [5.41, 5.74) is 1.39. The van der Waals surface area contributed by atoms with Crippen molar-refractivity contribution in [1.29, 1.82) is 0 Å². The fourth-order valence-electron chi connectivity index (χ4n) is 1.25. The Labute approximate surface area is 95.8 Å². The molecule has 0 saturated carbocycles. The molecule has 0 aliphatic rings. The normalized spacial score (nSPS) is 9.19. The molecule has 0 aliphatic carbocycles. The van der Waals surface area contributed by atoms with E-state index in [2.05, 4.69) is 17.2 Å². The molecule has 0 atom stereocenters. The Bertz CT molecular complexity index is 441. The van der Waals surface area contributed by atoms with Gasteiger partial charge in [-0.25, -0.2) is 0 Å². The lowest BCUT2D eigenvalue weighted by molar-refractivity contribution is 0.101. The van der Waals surface area contributed by atoms with E-state index in [0.29, 0.717) is 17.9 Å².